The molecule has 4 nitrogen and oxygen atoms in total. The van der Waals surface area contributed by atoms with E-state index in [1.807, 2.05) is 31.2 Å². The predicted octanol–water partition coefficient (Wildman–Crippen LogP) is 3.37. The van der Waals surface area contributed by atoms with Crippen molar-refractivity contribution in [3.8, 4) is 11.5 Å². The van der Waals surface area contributed by atoms with Crippen molar-refractivity contribution in [2.45, 2.75) is 6.92 Å². The number of benzene rings is 1. The number of hydrogen-bond donors (Lipinski definition) is 2. The molecular formula is C13H13BrN2O2. The molecule has 1 heterocycles. The minimum absolute atomic E-state index is 0.102. The number of aromatic nitrogens is 2. The molecule has 1 aromatic carbocycles. The van der Waals surface area contributed by atoms with Gasteiger partial charge in [0.05, 0.1) is 17.3 Å². The summed E-state index contributed by atoms with van der Waals surface area (Å²) < 4.78 is 5.68. The van der Waals surface area contributed by atoms with Gasteiger partial charge >= 0.3 is 0 Å². The van der Waals surface area contributed by atoms with Crippen LogP contribution in [0.25, 0.3) is 12.2 Å². The second-order valence-electron chi connectivity index (χ2n) is 3.86. The molecule has 0 aliphatic carbocycles. The van der Waals surface area contributed by atoms with Crippen LogP contribution in [0.1, 0.15) is 17.0 Å². The van der Waals surface area contributed by atoms with E-state index in [0.717, 1.165) is 17.0 Å². The first-order valence-electron chi connectivity index (χ1n) is 5.36. The molecule has 18 heavy (non-hydrogen) atoms. The number of phenolic OH excluding ortho intramolecular Hbond substituents is 1. The van der Waals surface area contributed by atoms with Crippen molar-refractivity contribution in [1.82, 2.24) is 10.2 Å². The Hall–Kier alpha value is -1.75. The number of hydrogen-bond acceptors (Lipinski definition) is 3. The zero-order chi connectivity index (χ0) is 13.1. The van der Waals surface area contributed by atoms with Crippen LogP contribution in [0.5, 0.6) is 11.5 Å². The van der Waals surface area contributed by atoms with Crippen molar-refractivity contribution in [2.24, 2.45) is 0 Å². The van der Waals surface area contributed by atoms with Crippen molar-refractivity contribution >= 4 is 28.1 Å². The highest BCUT2D eigenvalue weighted by Gasteiger charge is 2.07. The molecule has 2 rings (SSSR count). The van der Waals surface area contributed by atoms with Gasteiger partial charge in [-0.25, -0.2) is 0 Å². The maximum Gasteiger partial charge on any atom is 0.172 e. The summed E-state index contributed by atoms with van der Waals surface area (Å²) in [6, 6.07) is 5.52. The third-order valence-electron chi connectivity index (χ3n) is 2.44. The monoisotopic (exact) mass is 308 g/mol. The van der Waals surface area contributed by atoms with Gasteiger partial charge < -0.3 is 9.84 Å². The molecule has 0 saturated carbocycles. The summed E-state index contributed by atoms with van der Waals surface area (Å²) in [5.41, 5.74) is 2.78. The number of H-pyrrole nitrogens is 1. The van der Waals surface area contributed by atoms with E-state index in [4.69, 9.17) is 4.74 Å². The Morgan fingerprint density at radius 1 is 1.33 bits per heavy atom. The van der Waals surface area contributed by atoms with Crippen LogP contribution in [0.2, 0.25) is 0 Å². The first kappa shape index (κ1) is 12.7. The molecule has 94 valence electrons. The third-order valence-corrected chi connectivity index (χ3v) is 3.05. The molecule has 0 spiro atoms. The number of aromatic hydroxyl groups is 1. The Labute approximate surface area is 113 Å². The molecule has 0 atom stereocenters. The minimum atomic E-state index is 0.102. The van der Waals surface area contributed by atoms with Gasteiger partial charge in [0, 0.05) is 5.69 Å². The highest BCUT2D eigenvalue weighted by Crippen LogP contribution is 2.35. The number of nitrogens with zero attached hydrogens (tertiary/aromatic N) is 1. The van der Waals surface area contributed by atoms with Gasteiger partial charge in [0.25, 0.3) is 0 Å². The normalized spacial score (nSPS) is 11.1. The van der Waals surface area contributed by atoms with Crippen LogP contribution in [0.4, 0.5) is 0 Å². The van der Waals surface area contributed by atoms with Gasteiger partial charge in [-0.15, -0.1) is 0 Å². The fourth-order valence-electron chi connectivity index (χ4n) is 1.55. The van der Waals surface area contributed by atoms with E-state index in [9.17, 15) is 5.11 Å². The molecule has 2 aromatic rings. The van der Waals surface area contributed by atoms with Crippen molar-refractivity contribution in [1.29, 1.82) is 0 Å². The zero-order valence-electron chi connectivity index (χ0n) is 10.1. The Morgan fingerprint density at radius 3 is 2.72 bits per heavy atom. The van der Waals surface area contributed by atoms with E-state index in [2.05, 4.69) is 26.1 Å². The summed E-state index contributed by atoms with van der Waals surface area (Å²) in [7, 11) is 1.52. The predicted molar refractivity (Wildman–Crippen MR) is 74.6 cm³/mol. The lowest BCUT2D eigenvalue weighted by Gasteiger charge is -2.06. The second kappa shape index (κ2) is 5.27. The van der Waals surface area contributed by atoms with Crippen molar-refractivity contribution in [2.75, 3.05) is 7.11 Å². The molecular weight excluding hydrogens is 296 g/mol. The quantitative estimate of drug-likeness (QED) is 0.914. The Kier molecular flexibility index (Phi) is 3.72. The molecule has 0 saturated heterocycles. The third kappa shape index (κ3) is 2.73. The molecule has 5 heteroatoms. The first-order chi connectivity index (χ1) is 8.60. The molecule has 0 unspecified atom stereocenters. The summed E-state index contributed by atoms with van der Waals surface area (Å²) >= 11 is 3.28. The number of halogens is 1. The highest BCUT2D eigenvalue weighted by atomic mass is 79.9. The summed E-state index contributed by atoms with van der Waals surface area (Å²) in [5, 5.41) is 16.7. The lowest BCUT2D eigenvalue weighted by molar-refractivity contribution is 0.372. The second-order valence-corrected chi connectivity index (χ2v) is 4.72. The number of methoxy groups -OCH3 is 1. The van der Waals surface area contributed by atoms with E-state index in [1.165, 1.54) is 7.11 Å². The fourth-order valence-corrected chi connectivity index (χ4v) is 2.01. The number of aromatic amines is 1. The smallest absolute Gasteiger partial charge is 0.172 e. The molecule has 2 N–H and O–H groups in total. The largest absolute Gasteiger partial charge is 0.503 e. The topological polar surface area (TPSA) is 58.1 Å². The summed E-state index contributed by atoms with van der Waals surface area (Å²) in [4.78, 5) is 0. The molecule has 1 aromatic heterocycles. The number of ether oxygens (including phenoxy) is 1. The lowest BCUT2D eigenvalue weighted by atomic mass is 10.1. The maximum atomic E-state index is 9.70. The Bertz CT molecular complexity index is 591. The van der Waals surface area contributed by atoms with E-state index < -0.39 is 0 Å². The van der Waals surface area contributed by atoms with Crippen molar-refractivity contribution < 1.29 is 9.84 Å². The molecule has 0 aliphatic heterocycles. The Morgan fingerprint density at radius 2 is 2.11 bits per heavy atom. The number of aryl methyl sites for hydroxylation is 1. The van der Waals surface area contributed by atoms with Gasteiger partial charge in [-0.05, 0) is 52.7 Å². The van der Waals surface area contributed by atoms with Gasteiger partial charge in [0.15, 0.2) is 11.5 Å². The lowest BCUT2D eigenvalue weighted by Crippen LogP contribution is -1.85. The van der Waals surface area contributed by atoms with Crippen molar-refractivity contribution in [3.05, 3.63) is 39.6 Å². The van der Waals surface area contributed by atoms with Crippen LogP contribution in [-0.4, -0.2) is 22.4 Å². The van der Waals surface area contributed by atoms with Gasteiger partial charge in [-0.1, -0.05) is 6.08 Å². The minimum Gasteiger partial charge on any atom is -0.503 e. The van der Waals surface area contributed by atoms with E-state index in [-0.39, 0.29) is 5.75 Å². The van der Waals surface area contributed by atoms with Crippen LogP contribution >= 0.6 is 15.9 Å². The summed E-state index contributed by atoms with van der Waals surface area (Å²) in [5.74, 6) is 0.535. The number of phenols is 1. The molecule has 0 bridgehead atoms. The van der Waals surface area contributed by atoms with Crippen LogP contribution in [-0.2, 0) is 0 Å². The number of nitrogens with one attached hydrogen (secondary N) is 1. The molecule has 0 amide bonds. The van der Waals surface area contributed by atoms with Gasteiger partial charge in [0.2, 0.25) is 0 Å². The summed E-state index contributed by atoms with van der Waals surface area (Å²) in [6.45, 7) is 1.95. The van der Waals surface area contributed by atoms with Gasteiger partial charge in [-0.2, -0.15) is 5.10 Å². The summed E-state index contributed by atoms with van der Waals surface area (Å²) in [6.07, 6.45) is 3.80. The number of rotatable bonds is 3. The van der Waals surface area contributed by atoms with Crippen molar-refractivity contribution in [3.63, 3.8) is 0 Å². The van der Waals surface area contributed by atoms with Crippen LogP contribution in [0, 0.1) is 6.92 Å². The molecule has 0 radical (unpaired) electrons. The van der Waals surface area contributed by atoms with E-state index >= 15 is 0 Å². The zero-order valence-corrected chi connectivity index (χ0v) is 11.7. The van der Waals surface area contributed by atoms with Gasteiger partial charge in [0.1, 0.15) is 0 Å². The van der Waals surface area contributed by atoms with Crippen LogP contribution in [0.3, 0.4) is 0 Å². The molecule has 0 fully saturated rings. The average molecular weight is 309 g/mol. The average Bonchev–Trinajstić information content (AvgIpc) is 2.76. The Balaban J connectivity index is 2.29. The SMILES string of the molecule is COc1cc(C=Cc2cc(C)[nH]n2)cc(Br)c1O. The molecule has 0 aliphatic rings. The van der Waals surface area contributed by atoms with Crippen LogP contribution in [0.15, 0.2) is 22.7 Å². The van der Waals surface area contributed by atoms with E-state index in [0.29, 0.717) is 10.2 Å². The fraction of sp³-hybridized carbons (Fsp3) is 0.154. The van der Waals surface area contributed by atoms with Crippen LogP contribution < -0.4 is 4.74 Å². The van der Waals surface area contributed by atoms with E-state index in [1.54, 1.807) is 6.07 Å². The maximum absolute atomic E-state index is 9.70. The highest BCUT2D eigenvalue weighted by molar-refractivity contribution is 9.10. The van der Waals surface area contributed by atoms with Gasteiger partial charge in [-0.3, -0.25) is 5.10 Å². The first-order valence-corrected chi connectivity index (χ1v) is 6.16. The standard InChI is InChI=1S/C13H13BrN2O2/c1-8-5-10(16-15-8)4-3-9-6-11(14)13(17)12(7-9)18-2/h3-7,17H,1-2H3,(H,15,16).